The normalized spacial score (nSPS) is 18.2. The summed E-state index contributed by atoms with van der Waals surface area (Å²) in [5.74, 6) is -1.10. The van der Waals surface area contributed by atoms with Gasteiger partial charge in [0.1, 0.15) is 0 Å². The van der Waals surface area contributed by atoms with E-state index in [2.05, 4.69) is 0 Å². The molecule has 0 radical (unpaired) electrons. The van der Waals surface area contributed by atoms with Crippen molar-refractivity contribution in [3.8, 4) is 0 Å². The van der Waals surface area contributed by atoms with Gasteiger partial charge in [0, 0.05) is 21.8 Å². The standard InChI is InChI=1S/C8H16O3S/c1-4-7(3)12(11)5-6(2)8(9)10/h6-7H,4-5H2,1-3H3,(H,9,10). The first-order valence-corrected chi connectivity index (χ1v) is 5.47. The summed E-state index contributed by atoms with van der Waals surface area (Å²) in [6.07, 6.45) is 0.832. The molecule has 0 fully saturated rings. The molecule has 0 bridgehead atoms. The highest BCUT2D eigenvalue weighted by atomic mass is 32.2. The van der Waals surface area contributed by atoms with Crippen molar-refractivity contribution in [2.75, 3.05) is 5.75 Å². The molecule has 12 heavy (non-hydrogen) atoms. The van der Waals surface area contributed by atoms with Crippen molar-refractivity contribution < 1.29 is 14.1 Å². The second kappa shape index (κ2) is 5.30. The maximum absolute atomic E-state index is 11.3. The lowest BCUT2D eigenvalue weighted by molar-refractivity contribution is -0.140. The maximum atomic E-state index is 11.3. The van der Waals surface area contributed by atoms with Crippen molar-refractivity contribution in [1.82, 2.24) is 0 Å². The Balaban J connectivity index is 3.92. The average molecular weight is 192 g/mol. The molecule has 72 valence electrons. The molecule has 0 saturated carbocycles. The molecule has 0 aromatic rings. The van der Waals surface area contributed by atoms with E-state index in [-0.39, 0.29) is 11.0 Å². The van der Waals surface area contributed by atoms with Crippen LogP contribution in [0.2, 0.25) is 0 Å². The molecule has 0 heterocycles. The maximum Gasteiger partial charge on any atom is 0.307 e. The Bertz CT molecular complexity index is 179. The molecule has 0 aliphatic rings. The van der Waals surface area contributed by atoms with Crippen LogP contribution in [0.25, 0.3) is 0 Å². The minimum Gasteiger partial charge on any atom is -0.481 e. The fourth-order valence-corrected chi connectivity index (χ4v) is 2.00. The Morgan fingerprint density at radius 1 is 1.50 bits per heavy atom. The van der Waals surface area contributed by atoms with Gasteiger partial charge >= 0.3 is 5.97 Å². The first-order valence-electron chi connectivity index (χ1n) is 4.09. The van der Waals surface area contributed by atoms with Gasteiger partial charge in [-0.1, -0.05) is 20.8 Å². The Morgan fingerprint density at radius 3 is 2.33 bits per heavy atom. The summed E-state index contributed by atoms with van der Waals surface area (Å²) in [5.41, 5.74) is 0. The minimum absolute atomic E-state index is 0.104. The van der Waals surface area contributed by atoms with Crippen molar-refractivity contribution in [1.29, 1.82) is 0 Å². The number of carboxylic acid groups (broad SMARTS) is 1. The lowest BCUT2D eigenvalue weighted by Crippen LogP contribution is -2.22. The van der Waals surface area contributed by atoms with Crippen LogP contribution in [-0.4, -0.2) is 26.3 Å². The smallest absolute Gasteiger partial charge is 0.307 e. The summed E-state index contributed by atoms with van der Waals surface area (Å²) in [6.45, 7) is 5.42. The van der Waals surface area contributed by atoms with Gasteiger partial charge in [-0.05, 0) is 6.42 Å². The molecule has 3 nitrogen and oxygen atoms in total. The van der Waals surface area contributed by atoms with Gasteiger partial charge in [-0.25, -0.2) is 0 Å². The molecular formula is C8H16O3S. The van der Waals surface area contributed by atoms with E-state index in [1.54, 1.807) is 6.92 Å². The monoisotopic (exact) mass is 192 g/mol. The minimum atomic E-state index is -0.996. The molecule has 0 spiro atoms. The predicted octanol–water partition coefficient (Wildman–Crippen LogP) is 1.25. The van der Waals surface area contributed by atoms with Crippen LogP contribution in [0, 0.1) is 5.92 Å². The summed E-state index contributed by atoms with van der Waals surface area (Å²) in [6, 6.07) is 0. The molecule has 0 aromatic carbocycles. The molecule has 4 heteroatoms. The first kappa shape index (κ1) is 11.6. The highest BCUT2D eigenvalue weighted by Crippen LogP contribution is 2.06. The molecule has 3 unspecified atom stereocenters. The number of hydrogen-bond acceptors (Lipinski definition) is 2. The predicted molar refractivity (Wildman–Crippen MR) is 49.6 cm³/mol. The van der Waals surface area contributed by atoms with Crippen LogP contribution in [0.15, 0.2) is 0 Å². The molecule has 0 amide bonds. The van der Waals surface area contributed by atoms with Crippen LogP contribution < -0.4 is 0 Å². The van der Waals surface area contributed by atoms with Gasteiger partial charge in [0.05, 0.1) is 5.92 Å². The highest BCUT2D eigenvalue weighted by Gasteiger charge is 2.17. The van der Waals surface area contributed by atoms with E-state index in [1.165, 1.54) is 0 Å². The highest BCUT2D eigenvalue weighted by molar-refractivity contribution is 7.85. The Labute approximate surface area is 75.6 Å². The summed E-state index contributed by atoms with van der Waals surface area (Å²) in [4.78, 5) is 10.4. The zero-order chi connectivity index (χ0) is 9.72. The quantitative estimate of drug-likeness (QED) is 0.713. The molecule has 0 saturated heterocycles. The fraction of sp³-hybridized carbons (Fsp3) is 0.875. The van der Waals surface area contributed by atoms with Crippen LogP contribution in [-0.2, 0) is 15.6 Å². The van der Waals surface area contributed by atoms with Crippen molar-refractivity contribution in [2.24, 2.45) is 5.92 Å². The van der Waals surface area contributed by atoms with Crippen LogP contribution in [0.3, 0.4) is 0 Å². The SMILES string of the molecule is CCC(C)S(=O)CC(C)C(=O)O. The Morgan fingerprint density at radius 2 is 2.00 bits per heavy atom. The largest absolute Gasteiger partial charge is 0.481 e. The fourth-order valence-electron chi connectivity index (χ4n) is 0.668. The third-order valence-corrected chi connectivity index (χ3v) is 3.92. The molecule has 1 N–H and O–H groups in total. The lowest BCUT2D eigenvalue weighted by Gasteiger charge is -2.10. The van der Waals surface area contributed by atoms with Crippen LogP contribution in [0.4, 0.5) is 0 Å². The summed E-state index contributed by atoms with van der Waals surface area (Å²) < 4.78 is 11.3. The lowest BCUT2D eigenvalue weighted by atomic mass is 10.2. The third kappa shape index (κ3) is 3.85. The van der Waals surface area contributed by atoms with Gasteiger partial charge in [0.25, 0.3) is 0 Å². The first-order chi connectivity index (χ1) is 5.49. The summed E-state index contributed by atoms with van der Waals surface area (Å²) in [7, 11) is -0.996. The topological polar surface area (TPSA) is 54.4 Å². The van der Waals surface area contributed by atoms with Crippen LogP contribution >= 0.6 is 0 Å². The molecule has 0 aliphatic heterocycles. The second-order valence-electron chi connectivity index (χ2n) is 3.01. The van der Waals surface area contributed by atoms with Gasteiger partial charge in [-0.3, -0.25) is 9.00 Å². The molecule has 0 aliphatic carbocycles. The van der Waals surface area contributed by atoms with E-state index in [0.717, 1.165) is 6.42 Å². The number of carbonyl (C=O) groups is 1. The molecular weight excluding hydrogens is 176 g/mol. The van der Waals surface area contributed by atoms with Gasteiger partial charge in [0.2, 0.25) is 0 Å². The Kier molecular flexibility index (Phi) is 5.13. The summed E-state index contributed by atoms with van der Waals surface area (Å²) >= 11 is 0. The number of rotatable bonds is 5. The van der Waals surface area contributed by atoms with E-state index in [9.17, 15) is 9.00 Å². The van der Waals surface area contributed by atoms with E-state index in [4.69, 9.17) is 5.11 Å². The van der Waals surface area contributed by atoms with Crippen molar-refractivity contribution >= 4 is 16.8 Å². The average Bonchev–Trinajstić information content (AvgIpc) is 2.02. The van der Waals surface area contributed by atoms with E-state index in [0.29, 0.717) is 0 Å². The number of hydrogen-bond donors (Lipinski definition) is 1. The zero-order valence-corrected chi connectivity index (χ0v) is 8.56. The van der Waals surface area contributed by atoms with Gasteiger partial charge in [0.15, 0.2) is 0 Å². The summed E-state index contributed by atoms with van der Waals surface area (Å²) in [5, 5.41) is 8.65. The van der Waals surface area contributed by atoms with Crippen LogP contribution in [0.1, 0.15) is 27.2 Å². The number of carboxylic acids is 1. The number of aliphatic carboxylic acids is 1. The Hall–Kier alpha value is -0.380. The molecule has 3 atom stereocenters. The van der Waals surface area contributed by atoms with Crippen molar-refractivity contribution in [2.45, 2.75) is 32.4 Å². The van der Waals surface area contributed by atoms with Gasteiger partial charge in [-0.2, -0.15) is 0 Å². The second-order valence-corrected chi connectivity index (χ2v) is 4.91. The van der Waals surface area contributed by atoms with Gasteiger partial charge in [-0.15, -0.1) is 0 Å². The van der Waals surface area contributed by atoms with E-state index < -0.39 is 22.7 Å². The molecule has 0 aromatic heterocycles. The van der Waals surface area contributed by atoms with E-state index in [1.807, 2.05) is 13.8 Å². The van der Waals surface area contributed by atoms with Crippen molar-refractivity contribution in [3.05, 3.63) is 0 Å². The van der Waals surface area contributed by atoms with Crippen molar-refractivity contribution in [3.63, 3.8) is 0 Å². The van der Waals surface area contributed by atoms with E-state index >= 15 is 0 Å². The van der Waals surface area contributed by atoms with Crippen LogP contribution in [0.5, 0.6) is 0 Å². The molecule has 0 rings (SSSR count). The zero-order valence-electron chi connectivity index (χ0n) is 7.74. The third-order valence-electron chi connectivity index (χ3n) is 1.86. The van der Waals surface area contributed by atoms with Gasteiger partial charge < -0.3 is 5.11 Å².